The summed E-state index contributed by atoms with van der Waals surface area (Å²) >= 11 is 0. The molecule has 266 valence electrons. The van der Waals surface area contributed by atoms with E-state index >= 15 is 0 Å². The predicted octanol–water partition coefficient (Wildman–Crippen LogP) is 14.3. The third kappa shape index (κ3) is 4.47. The predicted molar refractivity (Wildman–Crippen MR) is 237 cm³/mol. The van der Waals surface area contributed by atoms with Gasteiger partial charge in [-0.15, -0.1) is 0 Å². The van der Waals surface area contributed by atoms with E-state index in [1.54, 1.807) is 0 Å². The molecule has 57 heavy (non-hydrogen) atoms. The highest BCUT2D eigenvalue weighted by molar-refractivity contribution is 6.09. The summed E-state index contributed by atoms with van der Waals surface area (Å²) in [6.45, 7) is 0. The van der Waals surface area contributed by atoms with Crippen LogP contribution in [0.4, 0.5) is 17.1 Å². The zero-order valence-electron chi connectivity index (χ0n) is 31.2. The number of para-hydroxylation sites is 2. The molecular weight excluding hydrogens is 689 g/mol. The van der Waals surface area contributed by atoms with Crippen molar-refractivity contribution in [2.24, 2.45) is 0 Å². The number of nitrogens with zero attached hydrogens (tertiary/aromatic N) is 2. The molecule has 1 aromatic heterocycles. The molecule has 0 saturated heterocycles. The summed E-state index contributed by atoms with van der Waals surface area (Å²) in [6.07, 6.45) is 0. The average Bonchev–Trinajstić information content (AvgIpc) is 3.90. The molecule has 10 aromatic rings. The number of benzene rings is 9. The molecule has 0 bridgehead atoms. The van der Waals surface area contributed by atoms with Crippen LogP contribution < -0.4 is 4.90 Å². The molecule has 0 fully saturated rings. The second-order valence-corrected chi connectivity index (χ2v) is 15.2. The fraction of sp³-hybridized carbons (Fsp3) is 0.0182. The van der Waals surface area contributed by atoms with Gasteiger partial charge >= 0.3 is 0 Å². The van der Waals surface area contributed by atoms with E-state index < -0.39 is 5.41 Å². The molecule has 2 nitrogen and oxygen atoms in total. The Labute approximate surface area is 332 Å². The summed E-state index contributed by atoms with van der Waals surface area (Å²) in [5.41, 5.74) is 19.4. The van der Waals surface area contributed by atoms with Crippen LogP contribution in [0.3, 0.4) is 0 Å². The average molecular weight is 725 g/mol. The normalized spacial score (nSPS) is 13.1. The van der Waals surface area contributed by atoms with E-state index in [1.807, 2.05) is 0 Å². The Kier molecular flexibility index (Phi) is 6.88. The Morgan fingerprint density at radius 3 is 1.53 bits per heavy atom. The minimum Gasteiger partial charge on any atom is -0.310 e. The number of rotatable bonds is 5. The Morgan fingerprint density at radius 1 is 0.351 bits per heavy atom. The molecule has 9 aromatic carbocycles. The lowest BCUT2D eigenvalue weighted by Gasteiger charge is -2.32. The monoisotopic (exact) mass is 724 g/mol. The molecule has 2 aliphatic rings. The molecule has 0 unspecified atom stereocenters. The summed E-state index contributed by atoms with van der Waals surface area (Å²) in [5.74, 6) is 0. The lowest BCUT2D eigenvalue weighted by atomic mass is 9.70. The highest BCUT2D eigenvalue weighted by Crippen LogP contribution is 2.64. The van der Waals surface area contributed by atoms with Crippen molar-refractivity contribution in [1.82, 2.24) is 4.57 Å². The van der Waals surface area contributed by atoms with Crippen molar-refractivity contribution >= 4 is 38.9 Å². The first-order valence-electron chi connectivity index (χ1n) is 19.8. The van der Waals surface area contributed by atoms with E-state index in [4.69, 9.17) is 0 Å². The van der Waals surface area contributed by atoms with Gasteiger partial charge < -0.3 is 9.47 Å². The maximum absolute atomic E-state index is 2.48. The maximum atomic E-state index is 2.48. The van der Waals surface area contributed by atoms with Gasteiger partial charge in [-0.05, 0) is 105 Å². The molecule has 0 amide bonds. The van der Waals surface area contributed by atoms with Gasteiger partial charge in [-0.1, -0.05) is 164 Å². The number of anilines is 3. The molecule has 1 heterocycles. The van der Waals surface area contributed by atoms with E-state index in [0.29, 0.717) is 0 Å². The molecule has 1 spiro atoms. The van der Waals surface area contributed by atoms with Gasteiger partial charge in [0, 0.05) is 33.4 Å². The fourth-order valence-corrected chi connectivity index (χ4v) is 10.1. The van der Waals surface area contributed by atoms with Crippen LogP contribution in [-0.4, -0.2) is 4.57 Å². The summed E-state index contributed by atoms with van der Waals surface area (Å²) < 4.78 is 2.39. The van der Waals surface area contributed by atoms with E-state index in [9.17, 15) is 0 Å². The van der Waals surface area contributed by atoms with Crippen LogP contribution >= 0.6 is 0 Å². The molecule has 12 rings (SSSR count). The Morgan fingerprint density at radius 2 is 0.860 bits per heavy atom. The van der Waals surface area contributed by atoms with Crippen LogP contribution in [0.5, 0.6) is 0 Å². The topological polar surface area (TPSA) is 8.17 Å². The molecule has 2 aliphatic carbocycles. The summed E-state index contributed by atoms with van der Waals surface area (Å²) in [6, 6.07) is 80.4. The van der Waals surface area contributed by atoms with Gasteiger partial charge in [0.05, 0.1) is 22.1 Å². The third-order valence-corrected chi connectivity index (χ3v) is 12.4. The van der Waals surface area contributed by atoms with Gasteiger partial charge in [0.25, 0.3) is 0 Å². The van der Waals surface area contributed by atoms with Crippen LogP contribution in [0.1, 0.15) is 22.3 Å². The largest absolute Gasteiger partial charge is 0.310 e. The van der Waals surface area contributed by atoms with Crippen molar-refractivity contribution in [3.63, 3.8) is 0 Å². The van der Waals surface area contributed by atoms with Crippen molar-refractivity contribution in [3.8, 4) is 39.1 Å². The van der Waals surface area contributed by atoms with Crippen LogP contribution in [0, 0.1) is 0 Å². The van der Waals surface area contributed by atoms with Gasteiger partial charge in [-0.25, -0.2) is 0 Å². The molecular formula is C55H36N2. The molecule has 2 heteroatoms. The van der Waals surface area contributed by atoms with Crippen molar-refractivity contribution in [1.29, 1.82) is 0 Å². The van der Waals surface area contributed by atoms with Gasteiger partial charge in [0.15, 0.2) is 0 Å². The lowest BCUT2D eigenvalue weighted by Crippen LogP contribution is -2.26. The standard InChI is InChI=1S/C55H36N2/c1-2-16-37(17-3-1)38-18-14-19-41(36-38)56(39-32-34-40(35-33-39)57-51-29-12-7-22-44(51)45-23-8-13-30-52(45)57)53-31-15-28-50-54(53)46-24-6-11-27-49(46)55(50)47-25-9-4-20-42(47)43-21-5-10-26-48(43)55/h1-36H. The molecule has 0 aliphatic heterocycles. The van der Waals surface area contributed by atoms with Crippen LogP contribution in [0.15, 0.2) is 218 Å². The van der Waals surface area contributed by atoms with E-state index in [2.05, 4.69) is 228 Å². The minimum atomic E-state index is -0.424. The zero-order chi connectivity index (χ0) is 37.5. The summed E-state index contributed by atoms with van der Waals surface area (Å²) in [5, 5.41) is 2.53. The van der Waals surface area contributed by atoms with Crippen molar-refractivity contribution in [3.05, 3.63) is 241 Å². The van der Waals surface area contributed by atoms with E-state index in [0.717, 1.165) is 22.7 Å². The second-order valence-electron chi connectivity index (χ2n) is 15.2. The first-order chi connectivity index (χ1) is 28.3. The van der Waals surface area contributed by atoms with Crippen molar-refractivity contribution < 1.29 is 0 Å². The van der Waals surface area contributed by atoms with Gasteiger partial charge in [0.2, 0.25) is 0 Å². The highest BCUT2D eigenvalue weighted by atomic mass is 15.1. The Hall–Kier alpha value is -7.42. The number of aromatic nitrogens is 1. The first-order valence-corrected chi connectivity index (χ1v) is 19.8. The molecule has 0 saturated carbocycles. The number of hydrogen-bond acceptors (Lipinski definition) is 1. The third-order valence-electron chi connectivity index (χ3n) is 12.4. The second kappa shape index (κ2) is 12.3. The maximum Gasteiger partial charge on any atom is 0.0726 e. The van der Waals surface area contributed by atoms with Crippen LogP contribution in [-0.2, 0) is 5.41 Å². The molecule has 0 N–H and O–H groups in total. The first kappa shape index (κ1) is 31.9. The minimum absolute atomic E-state index is 0.424. The van der Waals surface area contributed by atoms with Crippen molar-refractivity contribution in [2.75, 3.05) is 4.90 Å². The van der Waals surface area contributed by atoms with Crippen LogP contribution in [0.2, 0.25) is 0 Å². The van der Waals surface area contributed by atoms with Gasteiger partial charge in [-0.3, -0.25) is 0 Å². The van der Waals surface area contributed by atoms with Crippen molar-refractivity contribution in [2.45, 2.75) is 5.41 Å². The summed E-state index contributed by atoms with van der Waals surface area (Å²) in [4.78, 5) is 2.48. The smallest absolute Gasteiger partial charge is 0.0726 e. The van der Waals surface area contributed by atoms with E-state index in [1.165, 1.54) is 77.4 Å². The summed E-state index contributed by atoms with van der Waals surface area (Å²) in [7, 11) is 0. The highest BCUT2D eigenvalue weighted by Gasteiger charge is 2.52. The Bertz CT molecular complexity index is 3090. The lowest BCUT2D eigenvalue weighted by molar-refractivity contribution is 0.794. The zero-order valence-corrected chi connectivity index (χ0v) is 31.2. The Balaban J connectivity index is 1.11. The molecule has 0 radical (unpaired) electrons. The van der Waals surface area contributed by atoms with E-state index in [-0.39, 0.29) is 0 Å². The van der Waals surface area contributed by atoms with Gasteiger partial charge in [-0.2, -0.15) is 0 Å². The van der Waals surface area contributed by atoms with Crippen LogP contribution in [0.25, 0.3) is 60.9 Å². The molecule has 0 atom stereocenters. The SMILES string of the molecule is c1ccc(-c2cccc(N(c3ccc(-n4c5ccccc5c5ccccc54)cc3)c3cccc4c3-c3ccccc3C43c4ccccc4-c4ccccc43)c2)cc1. The number of hydrogen-bond donors (Lipinski definition) is 0. The fourth-order valence-electron chi connectivity index (χ4n) is 10.1. The van der Waals surface area contributed by atoms with Gasteiger partial charge in [0.1, 0.15) is 0 Å². The number of fused-ring (bicyclic) bond motifs is 13. The quantitative estimate of drug-likeness (QED) is 0.172.